The van der Waals surface area contributed by atoms with Gasteiger partial charge in [0.2, 0.25) is 0 Å². The molecule has 2 heterocycles. The summed E-state index contributed by atoms with van der Waals surface area (Å²) >= 11 is 0. The minimum absolute atomic E-state index is 0.224. The third-order valence-corrected chi connectivity index (χ3v) is 3.68. The molecule has 0 radical (unpaired) electrons. The monoisotopic (exact) mass is 309 g/mol. The maximum absolute atomic E-state index is 12.4. The van der Waals surface area contributed by atoms with Crippen molar-refractivity contribution in [2.75, 3.05) is 0 Å². The Labute approximate surface area is 132 Å². The van der Waals surface area contributed by atoms with Crippen LogP contribution in [0.3, 0.4) is 0 Å². The predicted octanol–water partition coefficient (Wildman–Crippen LogP) is 1.57. The van der Waals surface area contributed by atoms with Gasteiger partial charge in [-0.25, -0.2) is 0 Å². The first-order chi connectivity index (χ1) is 11.1. The number of aromatic hydroxyl groups is 1. The number of pyridine rings is 2. The van der Waals surface area contributed by atoms with Crippen molar-refractivity contribution in [1.29, 1.82) is 0 Å². The average molecular weight is 309 g/mol. The second kappa shape index (κ2) is 5.92. The van der Waals surface area contributed by atoms with Gasteiger partial charge in [0.05, 0.1) is 5.52 Å². The van der Waals surface area contributed by atoms with E-state index in [-0.39, 0.29) is 17.9 Å². The molecule has 0 spiro atoms. The molecule has 3 rings (SSSR count). The van der Waals surface area contributed by atoms with Crippen LogP contribution < -0.4 is 10.9 Å². The number of para-hydroxylation sites is 1. The van der Waals surface area contributed by atoms with E-state index < -0.39 is 11.5 Å². The normalized spacial score (nSPS) is 10.7. The second-order valence-electron chi connectivity index (χ2n) is 5.15. The molecule has 6 nitrogen and oxygen atoms in total. The van der Waals surface area contributed by atoms with E-state index in [1.165, 1.54) is 4.57 Å². The Morgan fingerprint density at radius 3 is 2.78 bits per heavy atom. The maximum Gasteiger partial charge on any atom is 0.267 e. The lowest BCUT2D eigenvalue weighted by molar-refractivity contribution is 0.0946. The van der Waals surface area contributed by atoms with Gasteiger partial charge < -0.3 is 15.0 Å². The first kappa shape index (κ1) is 14.8. The van der Waals surface area contributed by atoms with Crippen LogP contribution in [0.15, 0.2) is 53.6 Å². The lowest BCUT2D eigenvalue weighted by atomic mass is 10.1. The van der Waals surface area contributed by atoms with Crippen molar-refractivity contribution in [3.05, 3.63) is 70.3 Å². The number of carbonyl (C=O) groups is 1. The molecule has 23 heavy (non-hydrogen) atoms. The van der Waals surface area contributed by atoms with Crippen LogP contribution in [0, 0.1) is 0 Å². The van der Waals surface area contributed by atoms with Crippen LogP contribution in [-0.4, -0.2) is 20.6 Å². The number of aromatic nitrogens is 2. The van der Waals surface area contributed by atoms with Gasteiger partial charge in [-0.1, -0.05) is 18.2 Å². The largest absolute Gasteiger partial charge is 0.506 e. The number of aryl methyl sites for hydroxylation is 1. The van der Waals surface area contributed by atoms with E-state index in [0.717, 1.165) is 5.56 Å². The molecule has 0 aliphatic rings. The number of amides is 1. The second-order valence-corrected chi connectivity index (χ2v) is 5.15. The summed E-state index contributed by atoms with van der Waals surface area (Å²) in [6.07, 6.45) is 3.26. The van der Waals surface area contributed by atoms with Crippen LogP contribution >= 0.6 is 0 Å². The van der Waals surface area contributed by atoms with E-state index in [9.17, 15) is 14.7 Å². The summed E-state index contributed by atoms with van der Waals surface area (Å²) in [5.41, 5.74) is 0.580. The number of hydrogen-bond acceptors (Lipinski definition) is 4. The van der Waals surface area contributed by atoms with Crippen molar-refractivity contribution in [3.8, 4) is 5.75 Å². The first-order valence-electron chi connectivity index (χ1n) is 7.07. The fourth-order valence-corrected chi connectivity index (χ4v) is 2.46. The number of nitrogens with one attached hydrogen (secondary N) is 1. The van der Waals surface area contributed by atoms with Crippen molar-refractivity contribution < 1.29 is 9.90 Å². The van der Waals surface area contributed by atoms with Gasteiger partial charge in [-0.05, 0) is 23.8 Å². The predicted molar refractivity (Wildman–Crippen MR) is 86.3 cm³/mol. The summed E-state index contributed by atoms with van der Waals surface area (Å²) in [5, 5.41) is 13.4. The Morgan fingerprint density at radius 2 is 2.04 bits per heavy atom. The van der Waals surface area contributed by atoms with Crippen molar-refractivity contribution in [1.82, 2.24) is 14.9 Å². The molecule has 6 heteroatoms. The van der Waals surface area contributed by atoms with Crippen LogP contribution in [0.5, 0.6) is 5.75 Å². The van der Waals surface area contributed by atoms with Crippen LogP contribution in [0.1, 0.15) is 15.9 Å². The highest BCUT2D eigenvalue weighted by Gasteiger charge is 2.20. The molecular weight excluding hydrogens is 294 g/mol. The SMILES string of the molecule is Cn1c(=O)c(C(=O)NCc2cccnc2)c(O)c2ccccc21. The maximum atomic E-state index is 12.4. The van der Waals surface area contributed by atoms with Gasteiger partial charge in [-0.2, -0.15) is 0 Å². The Bertz CT molecular complexity index is 933. The molecule has 0 atom stereocenters. The summed E-state index contributed by atoms with van der Waals surface area (Å²) in [7, 11) is 1.57. The molecule has 0 aliphatic carbocycles. The quantitative estimate of drug-likeness (QED) is 0.769. The van der Waals surface area contributed by atoms with Crippen molar-refractivity contribution in [2.45, 2.75) is 6.54 Å². The summed E-state index contributed by atoms with van der Waals surface area (Å²) in [4.78, 5) is 28.7. The lowest BCUT2D eigenvalue weighted by Crippen LogP contribution is -2.32. The molecule has 2 N–H and O–H groups in total. The lowest BCUT2D eigenvalue weighted by Gasteiger charge is -2.11. The van der Waals surface area contributed by atoms with Crippen LogP contribution in [0.25, 0.3) is 10.9 Å². The number of carbonyl (C=O) groups excluding carboxylic acids is 1. The molecule has 0 fully saturated rings. The van der Waals surface area contributed by atoms with Gasteiger partial charge in [0, 0.05) is 31.4 Å². The van der Waals surface area contributed by atoms with E-state index in [2.05, 4.69) is 10.3 Å². The molecule has 0 bridgehead atoms. The topological polar surface area (TPSA) is 84.2 Å². The smallest absolute Gasteiger partial charge is 0.267 e. The van der Waals surface area contributed by atoms with E-state index in [1.54, 1.807) is 49.8 Å². The van der Waals surface area contributed by atoms with Gasteiger partial charge in [0.15, 0.2) is 0 Å². The van der Waals surface area contributed by atoms with E-state index in [4.69, 9.17) is 0 Å². The molecule has 3 aromatic rings. The van der Waals surface area contributed by atoms with Gasteiger partial charge in [0.25, 0.3) is 11.5 Å². The standard InChI is InChI=1S/C17H15N3O3/c1-20-13-7-3-2-6-12(13)15(21)14(17(20)23)16(22)19-10-11-5-4-8-18-9-11/h2-9,21H,10H2,1H3,(H,19,22). The van der Waals surface area contributed by atoms with Crippen LogP contribution in [0.2, 0.25) is 0 Å². The van der Waals surface area contributed by atoms with Crippen molar-refractivity contribution in [2.24, 2.45) is 7.05 Å². The van der Waals surface area contributed by atoms with E-state index in [1.807, 2.05) is 6.07 Å². The zero-order valence-corrected chi connectivity index (χ0v) is 12.5. The number of nitrogens with zero attached hydrogens (tertiary/aromatic N) is 2. The molecule has 0 saturated carbocycles. The van der Waals surface area contributed by atoms with Gasteiger partial charge >= 0.3 is 0 Å². The zero-order valence-electron chi connectivity index (χ0n) is 12.5. The summed E-state index contributed by atoms with van der Waals surface area (Å²) in [5.74, 6) is -0.912. The molecule has 0 aliphatic heterocycles. The van der Waals surface area contributed by atoms with Crippen LogP contribution in [0.4, 0.5) is 0 Å². The molecule has 0 unspecified atom stereocenters. The van der Waals surface area contributed by atoms with Crippen LogP contribution in [-0.2, 0) is 13.6 Å². The Balaban J connectivity index is 1.99. The van der Waals surface area contributed by atoms with Crippen molar-refractivity contribution >= 4 is 16.8 Å². The summed E-state index contributed by atoms with van der Waals surface area (Å²) in [6, 6.07) is 10.5. The highest BCUT2D eigenvalue weighted by Crippen LogP contribution is 2.25. The Hall–Kier alpha value is -3.15. The molecule has 116 valence electrons. The molecule has 1 amide bonds. The van der Waals surface area contributed by atoms with E-state index in [0.29, 0.717) is 10.9 Å². The zero-order chi connectivity index (χ0) is 16.4. The van der Waals surface area contributed by atoms with E-state index >= 15 is 0 Å². The van der Waals surface area contributed by atoms with Gasteiger partial charge in [0.1, 0.15) is 11.3 Å². The molecular formula is C17H15N3O3. The Morgan fingerprint density at radius 1 is 1.26 bits per heavy atom. The number of benzene rings is 1. The Kier molecular flexibility index (Phi) is 3.80. The van der Waals surface area contributed by atoms with Gasteiger partial charge in [-0.15, -0.1) is 0 Å². The third kappa shape index (κ3) is 2.66. The fourth-order valence-electron chi connectivity index (χ4n) is 2.46. The summed E-state index contributed by atoms with van der Waals surface area (Å²) < 4.78 is 1.36. The number of fused-ring (bicyclic) bond motifs is 1. The molecule has 0 saturated heterocycles. The number of hydrogen-bond donors (Lipinski definition) is 2. The molecule has 2 aromatic heterocycles. The number of rotatable bonds is 3. The molecule has 1 aromatic carbocycles. The highest BCUT2D eigenvalue weighted by atomic mass is 16.3. The minimum atomic E-state index is -0.613. The fraction of sp³-hybridized carbons (Fsp3) is 0.118. The third-order valence-electron chi connectivity index (χ3n) is 3.68. The average Bonchev–Trinajstić information content (AvgIpc) is 2.59. The minimum Gasteiger partial charge on any atom is -0.506 e. The van der Waals surface area contributed by atoms with Crippen molar-refractivity contribution in [3.63, 3.8) is 0 Å². The van der Waals surface area contributed by atoms with Gasteiger partial charge in [-0.3, -0.25) is 14.6 Å². The highest BCUT2D eigenvalue weighted by molar-refractivity contribution is 6.02. The summed E-state index contributed by atoms with van der Waals surface area (Å²) in [6.45, 7) is 0.224. The first-order valence-corrected chi connectivity index (χ1v) is 7.07.